The Bertz CT molecular complexity index is 864. The molecule has 8 nitrogen and oxygen atoms in total. The first-order valence-electron chi connectivity index (χ1n) is 9.76. The first-order valence-corrected chi connectivity index (χ1v) is 9.76. The number of amides is 2. The number of methoxy groups -OCH3 is 2. The van der Waals surface area contributed by atoms with Crippen molar-refractivity contribution in [2.45, 2.75) is 38.8 Å². The predicted molar refractivity (Wildman–Crippen MR) is 108 cm³/mol. The van der Waals surface area contributed by atoms with E-state index in [2.05, 4.69) is 15.3 Å². The van der Waals surface area contributed by atoms with Gasteiger partial charge in [-0.2, -0.15) is 0 Å². The highest BCUT2D eigenvalue weighted by molar-refractivity contribution is 5.84. The number of ether oxygens (including phenoxy) is 2. The van der Waals surface area contributed by atoms with Gasteiger partial charge in [0.25, 0.3) is 0 Å². The van der Waals surface area contributed by atoms with Gasteiger partial charge < -0.3 is 24.7 Å². The summed E-state index contributed by atoms with van der Waals surface area (Å²) in [6, 6.07) is 6.14. The first-order chi connectivity index (χ1) is 14.0. The van der Waals surface area contributed by atoms with Crippen LogP contribution in [0.2, 0.25) is 0 Å². The van der Waals surface area contributed by atoms with Crippen LogP contribution in [0.15, 0.2) is 30.6 Å². The number of esters is 1. The molecule has 29 heavy (non-hydrogen) atoms. The van der Waals surface area contributed by atoms with Gasteiger partial charge in [-0.05, 0) is 18.4 Å². The minimum atomic E-state index is -0.702. The van der Waals surface area contributed by atoms with Gasteiger partial charge in [-0.25, -0.2) is 14.6 Å². The summed E-state index contributed by atoms with van der Waals surface area (Å²) >= 11 is 0. The summed E-state index contributed by atoms with van der Waals surface area (Å²) in [7, 11) is 2.93. The SMILES string of the molecule is COC(=O)[C@H](CC(C)C)NC(=O)N1CCc2[nH]cnc2[C@@H]1c1ccccc1OC. The van der Waals surface area contributed by atoms with E-state index in [1.807, 2.05) is 38.1 Å². The molecule has 2 atom stereocenters. The Hall–Kier alpha value is -3.03. The standard InChI is InChI=1S/C21H28N4O4/c1-13(2)11-16(20(26)29-4)24-21(27)25-10-9-15-18(23-12-22-15)19(25)14-7-5-6-8-17(14)28-3/h5-8,12-13,16,19H,9-11H2,1-4H3,(H,22,23)(H,24,27)/t16-,19-/m0/s1. The van der Waals surface area contributed by atoms with Gasteiger partial charge in [0.05, 0.1) is 26.2 Å². The normalized spacial score (nSPS) is 16.9. The Kier molecular flexibility index (Phi) is 6.41. The molecule has 8 heteroatoms. The Labute approximate surface area is 170 Å². The highest BCUT2D eigenvalue weighted by Gasteiger charge is 2.37. The Morgan fingerprint density at radius 1 is 1.31 bits per heavy atom. The fourth-order valence-corrected chi connectivity index (χ4v) is 3.76. The van der Waals surface area contributed by atoms with Crippen molar-refractivity contribution in [3.8, 4) is 5.75 Å². The third-order valence-corrected chi connectivity index (χ3v) is 5.11. The van der Waals surface area contributed by atoms with E-state index in [4.69, 9.17) is 9.47 Å². The predicted octanol–water partition coefficient (Wildman–Crippen LogP) is 2.66. The number of benzene rings is 1. The molecule has 1 aliphatic rings. The van der Waals surface area contributed by atoms with E-state index in [-0.39, 0.29) is 11.9 Å². The van der Waals surface area contributed by atoms with Crippen molar-refractivity contribution in [3.05, 3.63) is 47.5 Å². The maximum atomic E-state index is 13.3. The minimum Gasteiger partial charge on any atom is -0.496 e. The van der Waals surface area contributed by atoms with E-state index in [0.717, 1.165) is 17.0 Å². The van der Waals surface area contributed by atoms with E-state index in [0.29, 0.717) is 25.1 Å². The van der Waals surface area contributed by atoms with Crippen LogP contribution in [0.4, 0.5) is 4.79 Å². The van der Waals surface area contributed by atoms with Crippen molar-refractivity contribution in [2.24, 2.45) is 5.92 Å². The zero-order chi connectivity index (χ0) is 21.0. The van der Waals surface area contributed by atoms with Crippen LogP contribution in [0, 0.1) is 5.92 Å². The molecule has 0 bridgehead atoms. The fraction of sp³-hybridized carbons (Fsp3) is 0.476. The van der Waals surface area contributed by atoms with Gasteiger partial charge in [0.2, 0.25) is 0 Å². The third kappa shape index (κ3) is 4.36. The summed E-state index contributed by atoms with van der Waals surface area (Å²) < 4.78 is 10.4. The third-order valence-electron chi connectivity index (χ3n) is 5.11. The number of hydrogen-bond acceptors (Lipinski definition) is 5. The zero-order valence-corrected chi connectivity index (χ0v) is 17.3. The lowest BCUT2D eigenvalue weighted by Crippen LogP contribution is -2.51. The molecular formula is C21H28N4O4. The zero-order valence-electron chi connectivity index (χ0n) is 17.3. The smallest absolute Gasteiger partial charge is 0.328 e. The molecule has 0 saturated heterocycles. The molecule has 0 radical (unpaired) electrons. The molecular weight excluding hydrogens is 372 g/mol. The maximum Gasteiger partial charge on any atom is 0.328 e. The fourth-order valence-electron chi connectivity index (χ4n) is 3.76. The van der Waals surface area contributed by atoms with Crippen molar-refractivity contribution in [3.63, 3.8) is 0 Å². The number of fused-ring (bicyclic) bond motifs is 1. The van der Waals surface area contributed by atoms with Gasteiger partial charge >= 0.3 is 12.0 Å². The number of H-pyrrole nitrogens is 1. The number of urea groups is 1. The second-order valence-corrected chi connectivity index (χ2v) is 7.51. The molecule has 2 amide bonds. The number of rotatable bonds is 6. The van der Waals surface area contributed by atoms with Crippen LogP contribution in [0.1, 0.15) is 43.3 Å². The number of nitrogens with one attached hydrogen (secondary N) is 2. The number of carbonyl (C=O) groups is 2. The van der Waals surface area contributed by atoms with E-state index in [9.17, 15) is 9.59 Å². The molecule has 1 aliphatic heterocycles. The lowest BCUT2D eigenvalue weighted by molar-refractivity contribution is -0.143. The monoisotopic (exact) mass is 400 g/mol. The summed E-state index contributed by atoms with van der Waals surface area (Å²) in [6.07, 6.45) is 2.80. The highest BCUT2D eigenvalue weighted by atomic mass is 16.5. The van der Waals surface area contributed by atoms with Gasteiger partial charge in [0.1, 0.15) is 17.8 Å². The number of carbonyl (C=O) groups excluding carboxylic acids is 2. The van der Waals surface area contributed by atoms with Crippen LogP contribution >= 0.6 is 0 Å². The van der Waals surface area contributed by atoms with Crippen LogP contribution in [0.25, 0.3) is 0 Å². The molecule has 0 unspecified atom stereocenters. The van der Waals surface area contributed by atoms with Crippen LogP contribution < -0.4 is 10.1 Å². The van der Waals surface area contributed by atoms with Crippen molar-refractivity contribution in [1.29, 1.82) is 0 Å². The van der Waals surface area contributed by atoms with Crippen LogP contribution in [-0.2, 0) is 16.0 Å². The molecule has 2 aromatic rings. The summed E-state index contributed by atoms with van der Waals surface area (Å²) in [6.45, 7) is 4.48. The van der Waals surface area contributed by atoms with Gasteiger partial charge in [0.15, 0.2) is 0 Å². The number of nitrogens with zero attached hydrogens (tertiary/aromatic N) is 2. The number of aromatic amines is 1. The number of aromatic nitrogens is 2. The maximum absolute atomic E-state index is 13.3. The number of para-hydroxylation sites is 1. The molecule has 0 fully saturated rings. The topological polar surface area (TPSA) is 96.6 Å². The average molecular weight is 400 g/mol. The van der Waals surface area contributed by atoms with Gasteiger partial charge in [-0.15, -0.1) is 0 Å². The van der Waals surface area contributed by atoms with E-state index in [1.165, 1.54) is 7.11 Å². The Balaban J connectivity index is 1.94. The van der Waals surface area contributed by atoms with Crippen molar-refractivity contribution in [2.75, 3.05) is 20.8 Å². The van der Waals surface area contributed by atoms with Crippen molar-refractivity contribution in [1.82, 2.24) is 20.2 Å². The minimum absolute atomic E-state index is 0.226. The lowest BCUT2D eigenvalue weighted by atomic mass is 9.95. The molecule has 3 rings (SSSR count). The first kappa shape index (κ1) is 20.7. The van der Waals surface area contributed by atoms with Gasteiger partial charge in [0, 0.05) is 24.2 Å². The summed E-state index contributed by atoms with van der Waals surface area (Å²) in [5.74, 6) is 0.458. The average Bonchev–Trinajstić information content (AvgIpc) is 3.20. The summed E-state index contributed by atoms with van der Waals surface area (Å²) in [5, 5.41) is 2.86. The Morgan fingerprint density at radius 3 is 2.76 bits per heavy atom. The van der Waals surface area contributed by atoms with Crippen molar-refractivity contribution < 1.29 is 19.1 Å². The summed E-state index contributed by atoms with van der Waals surface area (Å²) in [5.41, 5.74) is 2.63. The second kappa shape index (κ2) is 8.98. The number of imidazole rings is 1. The lowest BCUT2D eigenvalue weighted by Gasteiger charge is -2.36. The molecule has 1 aromatic heterocycles. The molecule has 1 aromatic carbocycles. The largest absolute Gasteiger partial charge is 0.496 e. The molecule has 2 N–H and O–H groups in total. The van der Waals surface area contributed by atoms with E-state index < -0.39 is 18.1 Å². The van der Waals surface area contributed by atoms with Crippen molar-refractivity contribution >= 4 is 12.0 Å². The summed E-state index contributed by atoms with van der Waals surface area (Å²) in [4.78, 5) is 34.8. The molecule has 156 valence electrons. The molecule has 0 saturated carbocycles. The molecule has 0 spiro atoms. The van der Waals surface area contributed by atoms with Crippen LogP contribution in [0.5, 0.6) is 5.75 Å². The van der Waals surface area contributed by atoms with E-state index >= 15 is 0 Å². The van der Waals surface area contributed by atoms with Crippen LogP contribution in [0.3, 0.4) is 0 Å². The highest BCUT2D eigenvalue weighted by Crippen LogP contribution is 2.37. The number of hydrogen-bond donors (Lipinski definition) is 2. The van der Waals surface area contributed by atoms with Gasteiger partial charge in [-0.3, -0.25) is 0 Å². The molecule has 0 aliphatic carbocycles. The Morgan fingerprint density at radius 2 is 2.07 bits per heavy atom. The molecule has 2 heterocycles. The quantitative estimate of drug-likeness (QED) is 0.727. The van der Waals surface area contributed by atoms with Gasteiger partial charge in [-0.1, -0.05) is 32.0 Å². The second-order valence-electron chi connectivity index (χ2n) is 7.51. The van der Waals surface area contributed by atoms with E-state index in [1.54, 1.807) is 18.3 Å². The van der Waals surface area contributed by atoms with Crippen LogP contribution in [-0.4, -0.2) is 53.7 Å².